The molecule has 2 rings (SSSR count). The lowest BCUT2D eigenvalue weighted by molar-refractivity contribution is 0.0519. The van der Waals surface area contributed by atoms with Gasteiger partial charge in [0.25, 0.3) is 0 Å². The van der Waals surface area contributed by atoms with Crippen molar-refractivity contribution in [3.8, 4) is 0 Å². The standard InChI is InChI=1S/C14H23F2N3O/c15-14(16)7-6-13(20)12(19-10-17-9-18-19)8-11-4-2-1-3-5-11/h9-14,20H,1-8H2. The van der Waals surface area contributed by atoms with Crippen LogP contribution in [0.5, 0.6) is 0 Å². The van der Waals surface area contributed by atoms with Gasteiger partial charge in [0.2, 0.25) is 6.43 Å². The highest BCUT2D eigenvalue weighted by Gasteiger charge is 2.27. The zero-order valence-electron chi connectivity index (χ0n) is 11.7. The Morgan fingerprint density at radius 1 is 1.20 bits per heavy atom. The third-order valence-electron chi connectivity index (χ3n) is 4.20. The number of halogens is 2. The second kappa shape index (κ2) is 7.67. The molecule has 0 aliphatic heterocycles. The van der Waals surface area contributed by atoms with E-state index in [4.69, 9.17) is 0 Å². The van der Waals surface area contributed by atoms with Gasteiger partial charge in [-0.3, -0.25) is 0 Å². The number of aliphatic hydroxyl groups excluding tert-OH is 1. The first kappa shape index (κ1) is 15.4. The second-order valence-corrected chi connectivity index (χ2v) is 5.72. The lowest BCUT2D eigenvalue weighted by atomic mass is 9.83. The van der Waals surface area contributed by atoms with Crippen molar-refractivity contribution in [2.24, 2.45) is 5.92 Å². The van der Waals surface area contributed by atoms with E-state index in [0.29, 0.717) is 5.92 Å². The van der Waals surface area contributed by atoms with E-state index in [-0.39, 0.29) is 18.9 Å². The molecule has 1 aliphatic carbocycles. The van der Waals surface area contributed by atoms with Crippen LogP contribution in [0.2, 0.25) is 0 Å². The van der Waals surface area contributed by atoms with Crippen molar-refractivity contribution in [1.29, 1.82) is 0 Å². The van der Waals surface area contributed by atoms with E-state index in [1.165, 1.54) is 25.6 Å². The fourth-order valence-electron chi connectivity index (χ4n) is 3.08. The molecule has 0 saturated heterocycles. The average molecular weight is 287 g/mol. The number of rotatable bonds is 7. The molecule has 0 aromatic carbocycles. The van der Waals surface area contributed by atoms with Crippen LogP contribution in [-0.4, -0.2) is 32.4 Å². The van der Waals surface area contributed by atoms with Crippen molar-refractivity contribution in [2.75, 3.05) is 0 Å². The Labute approximate surface area is 118 Å². The molecule has 4 nitrogen and oxygen atoms in total. The number of alkyl halides is 2. The van der Waals surface area contributed by atoms with Gasteiger partial charge in [0.15, 0.2) is 0 Å². The van der Waals surface area contributed by atoms with E-state index < -0.39 is 12.5 Å². The summed E-state index contributed by atoms with van der Waals surface area (Å²) in [6, 6.07) is -0.237. The Bertz CT molecular complexity index is 367. The topological polar surface area (TPSA) is 50.9 Å². The maximum absolute atomic E-state index is 12.3. The zero-order chi connectivity index (χ0) is 14.4. The van der Waals surface area contributed by atoms with Gasteiger partial charge in [-0.2, -0.15) is 5.10 Å². The summed E-state index contributed by atoms with van der Waals surface area (Å²) < 4.78 is 26.3. The molecule has 0 amide bonds. The van der Waals surface area contributed by atoms with Crippen LogP contribution in [0, 0.1) is 5.92 Å². The molecular formula is C14H23F2N3O. The van der Waals surface area contributed by atoms with Gasteiger partial charge in [0.1, 0.15) is 12.7 Å². The monoisotopic (exact) mass is 287 g/mol. The maximum atomic E-state index is 12.3. The Hall–Kier alpha value is -1.04. The van der Waals surface area contributed by atoms with Crippen molar-refractivity contribution in [2.45, 2.75) is 69.9 Å². The first-order chi connectivity index (χ1) is 9.66. The number of nitrogens with zero attached hydrogens (tertiary/aromatic N) is 3. The van der Waals surface area contributed by atoms with Gasteiger partial charge in [0.05, 0.1) is 12.1 Å². The fraction of sp³-hybridized carbons (Fsp3) is 0.857. The van der Waals surface area contributed by atoms with Crippen molar-refractivity contribution in [3.05, 3.63) is 12.7 Å². The van der Waals surface area contributed by atoms with E-state index in [9.17, 15) is 13.9 Å². The molecule has 114 valence electrons. The molecule has 2 unspecified atom stereocenters. The van der Waals surface area contributed by atoms with E-state index in [0.717, 1.165) is 19.3 Å². The molecule has 0 bridgehead atoms. The molecule has 1 heterocycles. The smallest absolute Gasteiger partial charge is 0.238 e. The summed E-state index contributed by atoms with van der Waals surface area (Å²) in [6.45, 7) is 0. The molecule has 1 aliphatic rings. The number of aliphatic hydroxyl groups is 1. The summed E-state index contributed by atoms with van der Waals surface area (Å²) in [6.07, 6.45) is 6.53. The SMILES string of the molecule is OC(CCC(F)F)C(CC1CCCCC1)n1cncn1. The van der Waals surface area contributed by atoms with Gasteiger partial charge in [-0.05, 0) is 18.8 Å². The first-order valence-corrected chi connectivity index (χ1v) is 7.47. The van der Waals surface area contributed by atoms with Gasteiger partial charge >= 0.3 is 0 Å². The highest BCUT2D eigenvalue weighted by Crippen LogP contribution is 2.32. The predicted octanol–water partition coefficient (Wildman–Crippen LogP) is 3.20. The zero-order valence-corrected chi connectivity index (χ0v) is 11.7. The molecule has 1 N–H and O–H groups in total. The van der Waals surface area contributed by atoms with Crippen LogP contribution in [0.1, 0.15) is 57.4 Å². The molecule has 2 atom stereocenters. The molecule has 1 aromatic rings. The van der Waals surface area contributed by atoms with Crippen LogP contribution in [-0.2, 0) is 0 Å². The van der Waals surface area contributed by atoms with Gasteiger partial charge in [-0.25, -0.2) is 18.4 Å². The molecule has 0 radical (unpaired) electrons. The molecule has 1 saturated carbocycles. The Kier molecular flexibility index (Phi) is 5.88. The lowest BCUT2D eigenvalue weighted by Crippen LogP contribution is -2.28. The lowest BCUT2D eigenvalue weighted by Gasteiger charge is -2.29. The summed E-state index contributed by atoms with van der Waals surface area (Å²) in [4.78, 5) is 3.91. The Morgan fingerprint density at radius 2 is 1.95 bits per heavy atom. The van der Waals surface area contributed by atoms with E-state index >= 15 is 0 Å². The van der Waals surface area contributed by atoms with E-state index in [1.54, 1.807) is 11.0 Å². The quantitative estimate of drug-likeness (QED) is 0.838. The van der Waals surface area contributed by atoms with Crippen molar-refractivity contribution < 1.29 is 13.9 Å². The van der Waals surface area contributed by atoms with E-state index in [1.807, 2.05) is 0 Å². The summed E-state index contributed by atoms with van der Waals surface area (Å²) in [5.41, 5.74) is 0. The van der Waals surface area contributed by atoms with Crippen LogP contribution in [0.25, 0.3) is 0 Å². The minimum absolute atomic E-state index is 0.106. The number of aromatic nitrogens is 3. The Balaban J connectivity index is 1.96. The minimum atomic E-state index is -2.37. The third kappa shape index (κ3) is 4.51. The second-order valence-electron chi connectivity index (χ2n) is 5.72. The van der Waals surface area contributed by atoms with Gasteiger partial charge in [-0.15, -0.1) is 0 Å². The predicted molar refractivity (Wildman–Crippen MR) is 71.5 cm³/mol. The van der Waals surface area contributed by atoms with Crippen LogP contribution >= 0.6 is 0 Å². The first-order valence-electron chi connectivity index (χ1n) is 7.47. The number of hydrogen-bond acceptors (Lipinski definition) is 3. The van der Waals surface area contributed by atoms with Crippen molar-refractivity contribution in [3.63, 3.8) is 0 Å². The van der Waals surface area contributed by atoms with Gasteiger partial charge in [0, 0.05) is 6.42 Å². The summed E-state index contributed by atoms with van der Waals surface area (Å²) >= 11 is 0. The van der Waals surface area contributed by atoms with Crippen molar-refractivity contribution >= 4 is 0 Å². The highest BCUT2D eigenvalue weighted by atomic mass is 19.3. The highest BCUT2D eigenvalue weighted by molar-refractivity contribution is 4.80. The Morgan fingerprint density at radius 3 is 2.55 bits per heavy atom. The van der Waals surface area contributed by atoms with Gasteiger partial charge in [-0.1, -0.05) is 32.1 Å². The largest absolute Gasteiger partial charge is 0.391 e. The van der Waals surface area contributed by atoms with Crippen LogP contribution < -0.4 is 0 Å². The van der Waals surface area contributed by atoms with Gasteiger partial charge < -0.3 is 5.11 Å². The molecule has 1 aromatic heterocycles. The minimum Gasteiger partial charge on any atom is -0.391 e. The molecular weight excluding hydrogens is 264 g/mol. The van der Waals surface area contributed by atoms with E-state index in [2.05, 4.69) is 10.1 Å². The molecule has 1 fully saturated rings. The summed E-state index contributed by atoms with van der Waals surface area (Å²) in [5, 5.41) is 14.3. The van der Waals surface area contributed by atoms with Crippen LogP contribution in [0.3, 0.4) is 0 Å². The number of hydrogen-bond donors (Lipinski definition) is 1. The average Bonchev–Trinajstić information content (AvgIpc) is 2.97. The summed E-state index contributed by atoms with van der Waals surface area (Å²) in [5.74, 6) is 0.555. The van der Waals surface area contributed by atoms with Crippen LogP contribution in [0.15, 0.2) is 12.7 Å². The van der Waals surface area contributed by atoms with Crippen LogP contribution in [0.4, 0.5) is 8.78 Å². The molecule has 6 heteroatoms. The summed E-state index contributed by atoms with van der Waals surface area (Å²) in [7, 11) is 0. The fourth-order valence-corrected chi connectivity index (χ4v) is 3.08. The molecule has 0 spiro atoms. The normalized spacial score (nSPS) is 20.2. The van der Waals surface area contributed by atoms with Crippen molar-refractivity contribution in [1.82, 2.24) is 14.8 Å². The third-order valence-corrected chi connectivity index (χ3v) is 4.20. The maximum Gasteiger partial charge on any atom is 0.238 e. The molecule has 20 heavy (non-hydrogen) atoms.